The first-order valence-corrected chi connectivity index (χ1v) is 7.72. The molecule has 114 valence electrons. The average Bonchev–Trinajstić information content (AvgIpc) is 2.80. The summed E-state index contributed by atoms with van der Waals surface area (Å²) in [5, 5.41) is 21.5. The van der Waals surface area contributed by atoms with E-state index in [4.69, 9.17) is 5.73 Å². The van der Waals surface area contributed by atoms with E-state index in [0.29, 0.717) is 17.6 Å². The minimum Gasteiger partial charge on any atom is -0.504 e. The molecule has 4 heteroatoms. The summed E-state index contributed by atoms with van der Waals surface area (Å²) in [4.78, 5) is 12.3. The Bertz CT molecular complexity index is 827. The summed E-state index contributed by atoms with van der Waals surface area (Å²) in [6, 6.07) is 5.58. The molecule has 1 fully saturated rings. The van der Waals surface area contributed by atoms with Crippen molar-refractivity contribution in [3.63, 3.8) is 0 Å². The van der Waals surface area contributed by atoms with Crippen molar-refractivity contribution >= 4 is 22.2 Å². The van der Waals surface area contributed by atoms with Gasteiger partial charge in [0.1, 0.15) is 5.78 Å². The van der Waals surface area contributed by atoms with Crippen LogP contribution in [-0.4, -0.2) is 16.0 Å². The maximum absolute atomic E-state index is 12.3. The predicted octanol–water partition coefficient (Wildman–Crippen LogP) is 3.23. The van der Waals surface area contributed by atoms with Crippen LogP contribution in [0.1, 0.15) is 43.2 Å². The molecule has 0 heterocycles. The molecule has 0 unspecified atom stereocenters. The lowest BCUT2D eigenvalue weighted by atomic mass is 9.66. The lowest BCUT2D eigenvalue weighted by molar-refractivity contribution is -0.126. The van der Waals surface area contributed by atoms with Crippen LogP contribution < -0.4 is 5.73 Å². The molecule has 0 saturated heterocycles. The first-order valence-electron chi connectivity index (χ1n) is 7.72. The maximum Gasteiger partial charge on any atom is 0.181 e. The first kappa shape index (κ1) is 13.4. The van der Waals surface area contributed by atoms with E-state index in [2.05, 4.69) is 6.92 Å². The van der Waals surface area contributed by atoms with E-state index >= 15 is 0 Å². The van der Waals surface area contributed by atoms with Gasteiger partial charge < -0.3 is 15.9 Å². The van der Waals surface area contributed by atoms with Crippen LogP contribution >= 0.6 is 0 Å². The first-order chi connectivity index (χ1) is 10.4. The van der Waals surface area contributed by atoms with Gasteiger partial charge >= 0.3 is 0 Å². The molecular formula is C18H19NO3. The fourth-order valence-corrected chi connectivity index (χ4v) is 4.42. The normalized spacial score (nSPS) is 27.0. The molecule has 2 aromatic rings. The minimum absolute atomic E-state index is 0.159. The third-order valence-electron chi connectivity index (χ3n) is 5.78. The number of nitrogens with two attached hydrogens (primary N) is 1. The van der Waals surface area contributed by atoms with Crippen molar-refractivity contribution in [2.75, 3.05) is 5.73 Å². The van der Waals surface area contributed by atoms with Crippen molar-refractivity contribution in [3.8, 4) is 11.5 Å². The van der Waals surface area contributed by atoms with Crippen LogP contribution in [0.2, 0.25) is 0 Å². The third-order valence-corrected chi connectivity index (χ3v) is 5.78. The Morgan fingerprint density at radius 1 is 1.18 bits per heavy atom. The molecule has 0 aliphatic heterocycles. The molecule has 0 bridgehead atoms. The number of nitrogen functional groups attached to an aromatic ring is 1. The molecular weight excluding hydrogens is 278 g/mol. The highest BCUT2D eigenvalue weighted by Gasteiger charge is 2.49. The predicted molar refractivity (Wildman–Crippen MR) is 85.1 cm³/mol. The summed E-state index contributed by atoms with van der Waals surface area (Å²) in [5.41, 5.74) is 8.12. The van der Waals surface area contributed by atoms with Gasteiger partial charge in [-0.1, -0.05) is 19.1 Å². The van der Waals surface area contributed by atoms with Crippen LogP contribution in [0.25, 0.3) is 10.8 Å². The van der Waals surface area contributed by atoms with Gasteiger partial charge in [0.15, 0.2) is 11.5 Å². The second-order valence-electron chi connectivity index (χ2n) is 6.82. The Kier molecular flexibility index (Phi) is 2.54. The third kappa shape index (κ3) is 1.50. The number of hydrogen-bond donors (Lipinski definition) is 3. The highest BCUT2D eigenvalue weighted by atomic mass is 16.3. The fraction of sp³-hybridized carbons (Fsp3) is 0.389. The topological polar surface area (TPSA) is 83.6 Å². The Morgan fingerprint density at radius 2 is 1.95 bits per heavy atom. The van der Waals surface area contributed by atoms with Crippen molar-refractivity contribution < 1.29 is 15.0 Å². The van der Waals surface area contributed by atoms with Crippen LogP contribution in [0.5, 0.6) is 11.5 Å². The summed E-state index contributed by atoms with van der Waals surface area (Å²) < 4.78 is 0. The van der Waals surface area contributed by atoms with Gasteiger partial charge in [0.2, 0.25) is 0 Å². The number of carbonyl (C=O) groups is 1. The van der Waals surface area contributed by atoms with Gasteiger partial charge in [0.25, 0.3) is 0 Å². The molecule has 0 amide bonds. The van der Waals surface area contributed by atoms with Crippen molar-refractivity contribution in [3.05, 3.63) is 29.3 Å². The monoisotopic (exact) mass is 297 g/mol. The van der Waals surface area contributed by atoms with Gasteiger partial charge in [-0.15, -0.1) is 0 Å². The molecule has 22 heavy (non-hydrogen) atoms. The SMILES string of the molecule is C[C@]12CCc3c(ccc4c(O)c(O)c(N)cc34)[C@@H]1CCC2=O. The van der Waals surface area contributed by atoms with Gasteiger partial charge in [0, 0.05) is 17.2 Å². The lowest BCUT2D eigenvalue weighted by Crippen LogP contribution is -2.32. The van der Waals surface area contributed by atoms with Crippen LogP contribution in [-0.2, 0) is 11.2 Å². The summed E-state index contributed by atoms with van der Waals surface area (Å²) in [6.07, 6.45) is 3.19. The summed E-state index contributed by atoms with van der Waals surface area (Å²) in [6.45, 7) is 2.09. The number of aromatic hydroxyl groups is 2. The van der Waals surface area contributed by atoms with Gasteiger partial charge in [-0.2, -0.15) is 0 Å². The lowest BCUT2D eigenvalue weighted by Gasteiger charge is -2.37. The molecule has 2 aliphatic rings. The number of carbonyl (C=O) groups excluding carboxylic acids is 1. The van der Waals surface area contributed by atoms with Crippen LogP contribution in [0.3, 0.4) is 0 Å². The van der Waals surface area contributed by atoms with E-state index in [9.17, 15) is 15.0 Å². The zero-order valence-corrected chi connectivity index (χ0v) is 12.5. The van der Waals surface area contributed by atoms with E-state index in [1.165, 1.54) is 5.56 Å². The van der Waals surface area contributed by atoms with Gasteiger partial charge in [-0.05, 0) is 47.8 Å². The van der Waals surface area contributed by atoms with Crippen molar-refractivity contribution in [2.45, 2.75) is 38.5 Å². The quantitative estimate of drug-likeness (QED) is 0.515. The van der Waals surface area contributed by atoms with Crippen molar-refractivity contribution in [1.82, 2.24) is 0 Å². The minimum atomic E-state index is -0.260. The fourth-order valence-electron chi connectivity index (χ4n) is 4.42. The van der Waals surface area contributed by atoms with E-state index < -0.39 is 0 Å². The van der Waals surface area contributed by atoms with Crippen molar-refractivity contribution in [2.24, 2.45) is 5.41 Å². The van der Waals surface area contributed by atoms with Crippen LogP contribution in [0.15, 0.2) is 18.2 Å². The van der Waals surface area contributed by atoms with Gasteiger partial charge in [0.05, 0.1) is 5.69 Å². The Balaban J connectivity index is 2.00. The number of fused-ring (bicyclic) bond motifs is 5. The largest absolute Gasteiger partial charge is 0.504 e. The molecule has 2 aromatic carbocycles. The van der Waals surface area contributed by atoms with E-state index in [0.717, 1.165) is 30.2 Å². The second kappa shape index (κ2) is 4.15. The Morgan fingerprint density at radius 3 is 2.73 bits per heavy atom. The van der Waals surface area contributed by atoms with Gasteiger partial charge in [-0.25, -0.2) is 0 Å². The van der Waals surface area contributed by atoms with E-state index in [1.54, 1.807) is 6.07 Å². The van der Waals surface area contributed by atoms with Crippen LogP contribution in [0, 0.1) is 5.41 Å². The van der Waals surface area contributed by atoms with E-state index in [-0.39, 0.29) is 28.5 Å². The van der Waals surface area contributed by atoms with Crippen molar-refractivity contribution in [1.29, 1.82) is 0 Å². The average molecular weight is 297 g/mol. The summed E-state index contributed by atoms with van der Waals surface area (Å²) in [7, 11) is 0. The highest BCUT2D eigenvalue weighted by Crippen LogP contribution is 2.55. The Hall–Kier alpha value is -2.23. The number of Topliss-reactive ketones (excluding diaryl/α,β-unsaturated/α-hetero) is 1. The highest BCUT2D eigenvalue weighted by molar-refractivity contribution is 5.98. The maximum atomic E-state index is 12.3. The molecule has 4 rings (SSSR count). The summed E-state index contributed by atoms with van der Waals surface area (Å²) in [5.74, 6) is 0.208. The molecule has 1 saturated carbocycles. The zero-order valence-electron chi connectivity index (χ0n) is 12.5. The van der Waals surface area contributed by atoms with E-state index in [1.807, 2.05) is 12.1 Å². The number of ketones is 1. The number of hydrogen-bond acceptors (Lipinski definition) is 4. The molecule has 4 N–H and O–H groups in total. The molecule has 2 aliphatic carbocycles. The molecule has 0 spiro atoms. The number of benzene rings is 2. The molecule has 4 nitrogen and oxygen atoms in total. The van der Waals surface area contributed by atoms with Crippen LogP contribution in [0.4, 0.5) is 5.69 Å². The number of anilines is 1. The number of aryl methyl sites for hydroxylation is 1. The number of rotatable bonds is 0. The molecule has 2 atom stereocenters. The van der Waals surface area contributed by atoms with Gasteiger partial charge in [-0.3, -0.25) is 4.79 Å². The molecule has 0 aromatic heterocycles. The Labute approximate surface area is 128 Å². The second-order valence-corrected chi connectivity index (χ2v) is 6.82. The zero-order chi connectivity index (χ0) is 15.6. The smallest absolute Gasteiger partial charge is 0.181 e. The summed E-state index contributed by atoms with van der Waals surface area (Å²) >= 11 is 0. The standard InChI is InChI=1S/C18H19NO3/c1-18-7-6-9-10(13(18)4-5-15(18)20)2-3-11-12(9)8-14(19)17(22)16(11)21/h2-3,8,13,21-22H,4-7,19H2,1H3/t13-,18-/m0/s1. The number of phenols is 2. The molecule has 0 radical (unpaired) electrons. The number of phenolic OH excluding ortho intramolecular Hbond substituents is 2.